The van der Waals surface area contributed by atoms with Crippen LogP contribution in [0.3, 0.4) is 0 Å². The minimum absolute atomic E-state index is 0.241. The molecule has 0 saturated carbocycles. The molecule has 0 spiro atoms. The zero-order valence-electron chi connectivity index (χ0n) is 15.0. The standard InChI is InChI=1S/C19H20N2O3S2/c1-12-13(2)19(9-8-18(12)24-4)26(22,23)21-16-7-5-6-15(10-16)17-11-25-14(3)20-17/h5-11,21H,1-4H3. The van der Waals surface area contributed by atoms with Crippen LogP contribution < -0.4 is 9.46 Å². The molecule has 5 nitrogen and oxygen atoms in total. The quantitative estimate of drug-likeness (QED) is 0.696. The number of ether oxygens (including phenoxy) is 1. The lowest BCUT2D eigenvalue weighted by atomic mass is 10.1. The van der Waals surface area contributed by atoms with E-state index in [1.165, 1.54) is 0 Å². The van der Waals surface area contributed by atoms with Gasteiger partial charge in [-0.2, -0.15) is 0 Å². The van der Waals surface area contributed by atoms with Gasteiger partial charge in [-0.25, -0.2) is 13.4 Å². The number of nitrogens with one attached hydrogen (secondary N) is 1. The van der Waals surface area contributed by atoms with Crippen LogP contribution in [0.5, 0.6) is 5.75 Å². The number of sulfonamides is 1. The molecule has 0 fully saturated rings. The van der Waals surface area contributed by atoms with Crippen LogP contribution in [0.25, 0.3) is 11.3 Å². The Kier molecular flexibility index (Phi) is 5.02. The highest BCUT2D eigenvalue weighted by Crippen LogP contribution is 2.29. The number of rotatable bonds is 5. The van der Waals surface area contributed by atoms with Gasteiger partial charge in [-0.1, -0.05) is 12.1 Å². The molecule has 0 aliphatic heterocycles. The number of methoxy groups -OCH3 is 1. The average Bonchev–Trinajstić information content (AvgIpc) is 3.03. The molecule has 0 aliphatic carbocycles. The Hall–Kier alpha value is -2.38. The minimum atomic E-state index is -3.71. The van der Waals surface area contributed by atoms with E-state index in [0.29, 0.717) is 17.0 Å². The summed E-state index contributed by atoms with van der Waals surface area (Å²) in [5, 5.41) is 2.93. The Balaban J connectivity index is 1.95. The molecule has 0 saturated heterocycles. The molecule has 1 aromatic heterocycles. The van der Waals surface area contributed by atoms with Gasteiger partial charge in [0.25, 0.3) is 10.0 Å². The zero-order valence-corrected chi connectivity index (χ0v) is 16.7. The fourth-order valence-electron chi connectivity index (χ4n) is 2.73. The van der Waals surface area contributed by atoms with Gasteiger partial charge in [-0.05, 0) is 56.2 Å². The van der Waals surface area contributed by atoms with E-state index in [2.05, 4.69) is 9.71 Å². The van der Waals surface area contributed by atoms with Crippen molar-refractivity contribution in [2.45, 2.75) is 25.7 Å². The van der Waals surface area contributed by atoms with Crippen molar-refractivity contribution in [1.82, 2.24) is 4.98 Å². The van der Waals surface area contributed by atoms with Crippen LogP contribution >= 0.6 is 11.3 Å². The van der Waals surface area contributed by atoms with Gasteiger partial charge in [0, 0.05) is 16.6 Å². The summed E-state index contributed by atoms with van der Waals surface area (Å²) in [5.74, 6) is 0.669. The summed E-state index contributed by atoms with van der Waals surface area (Å²) in [6.07, 6.45) is 0. The fourth-order valence-corrected chi connectivity index (χ4v) is 4.70. The average molecular weight is 389 g/mol. The number of hydrogen-bond donors (Lipinski definition) is 1. The minimum Gasteiger partial charge on any atom is -0.496 e. The molecule has 1 N–H and O–H groups in total. The van der Waals surface area contributed by atoms with Crippen LogP contribution in [0.2, 0.25) is 0 Å². The molecule has 7 heteroatoms. The predicted octanol–water partition coefficient (Wildman–Crippen LogP) is 4.54. The molecular weight excluding hydrogens is 368 g/mol. The predicted molar refractivity (Wildman–Crippen MR) is 106 cm³/mol. The van der Waals surface area contributed by atoms with E-state index in [-0.39, 0.29) is 4.90 Å². The highest BCUT2D eigenvalue weighted by atomic mass is 32.2. The van der Waals surface area contributed by atoms with Crippen molar-refractivity contribution in [2.75, 3.05) is 11.8 Å². The second-order valence-corrected chi connectivity index (χ2v) is 8.67. The molecule has 0 radical (unpaired) electrons. The van der Waals surface area contributed by atoms with Gasteiger partial charge in [0.1, 0.15) is 5.75 Å². The number of thiazole rings is 1. The summed E-state index contributed by atoms with van der Waals surface area (Å²) < 4.78 is 33.6. The van der Waals surface area contributed by atoms with Crippen molar-refractivity contribution >= 4 is 27.0 Å². The molecule has 3 rings (SSSR count). The number of anilines is 1. The van der Waals surface area contributed by atoms with Gasteiger partial charge in [0.2, 0.25) is 0 Å². The van der Waals surface area contributed by atoms with Crippen LogP contribution in [0.1, 0.15) is 16.1 Å². The number of hydrogen-bond acceptors (Lipinski definition) is 5. The molecule has 0 bridgehead atoms. The van der Waals surface area contributed by atoms with Crippen LogP contribution in [0.4, 0.5) is 5.69 Å². The SMILES string of the molecule is COc1ccc(S(=O)(=O)Nc2cccc(-c3csc(C)n3)c2)c(C)c1C. The summed E-state index contributed by atoms with van der Waals surface area (Å²) in [6, 6.07) is 10.5. The van der Waals surface area contributed by atoms with Crippen molar-refractivity contribution in [3.05, 3.63) is 57.9 Å². The molecule has 2 aromatic carbocycles. The van der Waals surface area contributed by atoms with E-state index in [1.807, 2.05) is 31.4 Å². The van der Waals surface area contributed by atoms with Crippen LogP contribution in [0, 0.1) is 20.8 Å². The lowest BCUT2D eigenvalue weighted by molar-refractivity contribution is 0.411. The summed E-state index contributed by atoms with van der Waals surface area (Å²) >= 11 is 1.56. The third-order valence-corrected chi connectivity index (χ3v) is 6.53. The Bertz CT molecular complexity index is 1060. The number of benzene rings is 2. The first-order valence-corrected chi connectivity index (χ1v) is 10.4. The van der Waals surface area contributed by atoms with Gasteiger partial charge in [-0.3, -0.25) is 4.72 Å². The van der Waals surface area contributed by atoms with Gasteiger partial charge >= 0.3 is 0 Å². The number of aromatic nitrogens is 1. The Morgan fingerprint density at radius 1 is 1.08 bits per heavy atom. The van der Waals surface area contributed by atoms with E-state index in [1.54, 1.807) is 49.6 Å². The lowest BCUT2D eigenvalue weighted by Gasteiger charge is -2.14. The molecule has 0 atom stereocenters. The van der Waals surface area contributed by atoms with E-state index >= 15 is 0 Å². The molecule has 0 amide bonds. The molecule has 3 aromatic rings. The topological polar surface area (TPSA) is 68.3 Å². The third kappa shape index (κ3) is 3.59. The maximum Gasteiger partial charge on any atom is 0.262 e. The van der Waals surface area contributed by atoms with Gasteiger partial charge < -0.3 is 4.74 Å². The Labute approximate surface area is 157 Å². The van der Waals surface area contributed by atoms with Crippen molar-refractivity contribution in [2.24, 2.45) is 0 Å². The molecule has 0 unspecified atom stereocenters. The van der Waals surface area contributed by atoms with E-state index < -0.39 is 10.0 Å². The summed E-state index contributed by atoms with van der Waals surface area (Å²) in [4.78, 5) is 4.69. The summed E-state index contributed by atoms with van der Waals surface area (Å²) in [7, 11) is -2.14. The van der Waals surface area contributed by atoms with Gasteiger partial charge in [0.05, 0.1) is 22.7 Å². The van der Waals surface area contributed by atoms with E-state index in [4.69, 9.17) is 4.74 Å². The van der Waals surface area contributed by atoms with E-state index in [0.717, 1.165) is 21.8 Å². The van der Waals surface area contributed by atoms with Crippen molar-refractivity contribution in [3.63, 3.8) is 0 Å². The normalized spacial score (nSPS) is 11.4. The van der Waals surface area contributed by atoms with Crippen LogP contribution in [-0.2, 0) is 10.0 Å². The zero-order chi connectivity index (χ0) is 18.9. The maximum atomic E-state index is 12.9. The maximum absolute atomic E-state index is 12.9. The highest BCUT2D eigenvalue weighted by molar-refractivity contribution is 7.92. The van der Waals surface area contributed by atoms with Crippen molar-refractivity contribution < 1.29 is 13.2 Å². The van der Waals surface area contributed by atoms with E-state index in [9.17, 15) is 8.42 Å². The molecule has 0 aliphatic rings. The monoisotopic (exact) mass is 388 g/mol. The Morgan fingerprint density at radius 2 is 1.85 bits per heavy atom. The first kappa shape index (κ1) is 18.4. The molecular formula is C19H20N2O3S2. The van der Waals surface area contributed by atoms with Crippen LogP contribution in [0.15, 0.2) is 46.7 Å². The smallest absolute Gasteiger partial charge is 0.262 e. The summed E-state index contributed by atoms with van der Waals surface area (Å²) in [5.41, 5.74) is 3.69. The molecule has 26 heavy (non-hydrogen) atoms. The Morgan fingerprint density at radius 3 is 2.50 bits per heavy atom. The number of aryl methyl sites for hydroxylation is 1. The van der Waals surface area contributed by atoms with Gasteiger partial charge in [0.15, 0.2) is 0 Å². The van der Waals surface area contributed by atoms with Crippen molar-refractivity contribution in [3.8, 4) is 17.0 Å². The summed E-state index contributed by atoms with van der Waals surface area (Å²) in [6.45, 7) is 5.56. The first-order chi connectivity index (χ1) is 12.3. The van der Waals surface area contributed by atoms with Gasteiger partial charge in [-0.15, -0.1) is 11.3 Å². The second-order valence-electron chi connectivity index (χ2n) is 5.95. The number of nitrogens with zero attached hydrogens (tertiary/aromatic N) is 1. The lowest BCUT2D eigenvalue weighted by Crippen LogP contribution is -2.15. The highest BCUT2D eigenvalue weighted by Gasteiger charge is 2.20. The molecule has 136 valence electrons. The largest absolute Gasteiger partial charge is 0.496 e. The third-order valence-electron chi connectivity index (χ3n) is 4.23. The second kappa shape index (κ2) is 7.09. The van der Waals surface area contributed by atoms with Crippen molar-refractivity contribution in [1.29, 1.82) is 0 Å². The molecule has 1 heterocycles. The first-order valence-electron chi connectivity index (χ1n) is 8.01. The fraction of sp³-hybridized carbons (Fsp3) is 0.211. The van der Waals surface area contributed by atoms with Crippen LogP contribution in [-0.4, -0.2) is 20.5 Å².